The van der Waals surface area contributed by atoms with Gasteiger partial charge in [0.05, 0.1) is 15.1 Å². The molecule has 2 aromatic carbocycles. The summed E-state index contributed by atoms with van der Waals surface area (Å²) in [6, 6.07) is 7.28. The number of hydrogen-bond acceptors (Lipinski definition) is 3. The number of benzene rings is 2. The van der Waals surface area contributed by atoms with Crippen molar-refractivity contribution in [2.45, 2.75) is 0 Å². The highest BCUT2D eigenvalue weighted by Gasteiger charge is 2.07. The number of hydrogen-bond donors (Lipinski definition) is 2. The van der Waals surface area contributed by atoms with E-state index in [0.29, 0.717) is 21.2 Å². The monoisotopic (exact) mass is 342 g/mol. The van der Waals surface area contributed by atoms with Crippen LogP contribution in [0.3, 0.4) is 0 Å². The van der Waals surface area contributed by atoms with Crippen LogP contribution in [0.15, 0.2) is 36.4 Å². The second kappa shape index (κ2) is 6.39. The van der Waals surface area contributed by atoms with Gasteiger partial charge in [-0.05, 0) is 42.0 Å². The molecule has 0 atom stereocenters. The van der Waals surface area contributed by atoms with Crippen LogP contribution >= 0.6 is 34.8 Å². The second-order valence-electron chi connectivity index (χ2n) is 4.20. The molecule has 0 amide bonds. The molecular formula is C15H9Cl3O3. The minimum atomic E-state index is -0.398. The number of phenols is 2. The summed E-state index contributed by atoms with van der Waals surface area (Å²) in [7, 11) is 0. The van der Waals surface area contributed by atoms with Crippen LogP contribution in [-0.2, 0) is 0 Å². The number of phenolic OH excluding ortho intramolecular Hbond substituents is 2. The summed E-state index contributed by atoms with van der Waals surface area (Å²) in [6.45, 7) is 0. The Kier molecular flexibility index (Phi) is 4.78. The average molecular weight is 344 g/mol. The van der Waals surface area contributed by atoms with Crippen LogP contribution in [0, 0.1) is 0 Å². The second-order valence-corrected chi connectivity index (χ2v) is 5.42. The van der Waals surface area contributed by atoms with E-state index in [-0.39, 0.29) is 16.6 Å². The highest BCUT2D eigenvalue weighted by Crippen LogP contribution is 2.34. The van der Waals surface area contributed by atoms with Crippen molar-refractivity contribution in [2.75, 3.05) is 0 Å². The fourth-order valence-electron chi connectivity index (χ4n) is 1.62. The lowest BCUT2D eigenvalue weighted by atomic mass is 10.1. The third-order valence-corrected chi connectivity index (χ3v) is 3.72. The van der Waals surface area contributed by atoms with Gasteiger partial charge in [-0.25, -0.2) is 0 Å². The molecule has 2 aromatic rings. The molecule has 0 aromatic heterocycles. The number of carbonyl (C=O) groups excluding carboxylic acids is 1. The Morgan fingerprint density at radius 3 is 2.29 bits per heavy atom. The van der Waals surface area contributed by atoms with Gasteiger partial charge in [0.15, 0.2) is 17.3 Å². The third-order valence-electron chi connectivity index (χ3n) is 2.70. The molecule has 0 aliphatic rings. The zero-order chi connectivity index (χ0) is 15.6. The topological polar surface area (TPSA) is 57.5 Å². The predicted molar refractivity (Wildman–Crippen MR) is 84.6 cm³/mol. The van der Waals surface area contributed by atoms with Gasteiger partial charge in [-0.2, -0.15) is 0 Å². The summed E-state index contributed by atoms with van der Waals surface area (Å²) in [6.07, 6.45) is 2.78. The first kappa shape index (κ1) is 15.7. The van der Waals surface area contributed by atoms with E-state index in [1.165, 1.54) is 36.4 Å². The summed E-state index contributed by atoms with van der Waals surface area (Å²) < 4.78 is 0. The maximum atomic E-state index is 12.0. The lowest BCUT2D eigenvalue weighted by Crippen LogP contribution is -1.93. The highest BCUT2D eigenvalue weighted by atomic mass is 35.5. The SMILES string of the molecule is O=C(/C=C/c1cc(O)c(O)c(Cl)c1)c1ccc(Cl)c(Cl)c1. The van der Waals surface area contributed by atoms with Crippen LogP contribution in [0.2, 0.25) is 15.1 Å². The number of ketones is 1. The van der Waals surface area contributed by atoms with E-state index in [1.807, 2.05) is 0 Å². The summed E-state index contributed by atoms with van der Waals surface area (Å²) in [5.74, 6) is -1.04. The molecule has 0 spiro atoms. The zero-order valence-corrected chi connectivity index (χ0v) is 12.7. The van der Waals surface area contributed by atoms with Gasteiger partial charge < -0.3 is 10.2 Å². The average Bonchev–Trinajstić information content (AvgIpc) is 2.44. The highest BCUT2D eigenvalue weighted by molar-refractivity contribution is 6.42. The Bertz CT molecular complexity index is 716. The van der Waals surface area contributed by atoms with E-state index in [0.717, 1.165) is 0 Å². The summed E-state index contributed by atoms with van der Waals surface area (Å²) in [5, 5.41) is 19.4. The van der Waals surface area contributed by atoms with Crippen molar-refractivity contribution in [1.29, 1.82) is 0 Å². The molecule has 0 radical (unpaired) electrons. The molecule has 6 heteroatoms. The number of allylic oxidation sites excluding steroid dienone is 1. The van der Waals surface area contributed by atoms with Crippen molar-refractivity contribution in [3.63, 3.8) is 0 Å². The van der Waals surface area contributed by atoms with Gasteiger partial charge in [-0.3, -0.25) is 4.79 Å². The first-order chi connectivity index (χ1) is 9.88. The predicted octanol–water partition coefficient (Wildman–Crippen LogP) is 4.95. The first-order valence-corrected chi connectivity index (χ1v) is 6.91. The van der Waals surface area contributed by atoms with Crippen molar-refractivity contribution >= 4 is 46.7 Å². The number of aromatic hydroxyl groups is 2. The molecule has 0 saturated carbocycles. The van der Waals surface area contributed by atoms with Crippen molar-refractivity contribution in [3.8, 4) is 11.5 Å². The molecule has 0 aliphatic carbocycles. The molecule has 0 unspecified atom stereocenters. The van der Waals surface area contributed by atoms with Crippen molar-refractivity contribution in [2.24, 2.45) is 0 Å². The Morgan fingerprint density at radius 1 is 0.952 bits per heavy atom. The smallest absolute Gasteiger partial charge is 0.185 e. The molecule has 0 saturated heterocycles. The van der Waals surface area contributed by atoms with Crippen molar-refractivity contribution in [1.82, 2.24) is 0 Å². The number of carbonyl (C=O) groups is 1. The molecule has 0 fully saturated rings. The lowest BCUT2D eigenvalue weighted by Gasteiger charge is -2.02. The third kappa shape index (κ3) is 3.70. The lowest BCUT2D eigenvalue weighted by molar-refractivity contribution is 0.104. The summed E-state index contributed by atoms with van der Waals surface area (Å²) >= 11 is 17.4. The molecule has 3 nitrogen and oxygen atoms in total. The van der Waals surface area contributed by atoms with Crippen LogP contribution in [0.1, 0.15) is 15.9 Å². The molecule has 2 N–H and O–H groups in total. The van der Waals surface area contributed by atoms with Crippen LogP contribution in [0.5, 0.6) is 11.5 Å². The zero-order valence-electron chi connectivity index (χ0n) is 10.5. The first-order valence-electron chi connectivity index (χ1n) is 5.77. The molecular weight excluding hydrogens is 335 g/mol. The normalized spacial score (nSPS) is 11.0. The molecule has 0 bridgehead atoms. The summed E-state index contributed by atoms with van der Waals surface area (Å²) in [5.41, 5.74) is 0.860. The van der Waals surface area contributed by atoms with Gasteiger partial charge in [0.1, 0.15) is 0 Å². The molecule has 21 heavy (non-hydrogen) atoms. The molecule has 0 heterocycles. The van der Waals surface area contributed by atoms with Gasteiger partial charge in [-0.1, -0.05) is 40.9 Å². The van der Waals surface area contributed by atoms with Crippen molar-refractivity contribution < 1.29 is 15.0 Å². The maximum Gasteiger partial charge on any atom is 0.185 e. The summed E-state index contributed by atoms with van der Waals surface area (Å²) in [4.78, 5) is 12.0. The number of halogens is 3. The fraction of sp³-hybridized carbons (Fsp3) is 0. The maximum absolute atomic E-state index is 12.0. The van der Waals surface area contributed by atoms with Gasteiger partial charge >= 0.3 is 0 Å². The van der Waals surface area contributed by atoms with E-state index in [9.17, 15) is 15.0 Å². The minimum Gasteiger partial charge on any atom is -0.504 e. The molecule has 2 rings (SSSR count). The van der Waals surface area contributed by atoms with Crippen LogP contribution < -0.4 is 0 Å². The van der Waals surface area contributed by atoms with Gasteiger partial charge in [0, 0.05) is 5.56 Å². The molecule has 108 valence electrons. The van der Waals surface area contributed by atoms with Crippen LogP contribution in [0.4, 0.5) is 0 Å². The van der Waals surface area contributed by atoms with E-state index in [1.54, 1.807) is 6.07 Å². The minimum absolute atomic E-state index is 0.00311. The standard InChI is InChI=1S/C15H9Cl3O3/c16-10-3-2-9(7-11(10)17)13(19)4-1-8-5-12(18)15(21)14(20)6-8/h1-7,20-21H/b4-1+. The Hall–Kier alpha value is -1.68. The van der Waals surface area contributed by atoms with Gasteiger partial charge in [-0.15, -0.1) is 0 Å². The molecule has 0 aliphatic heterocycles. The Labute approximate surface area is 136 Å². The Morgan fingerprint density at radius 2 is 1.67 bits per heavy atom. The van der Waals surface area contributed by atoms with Crippen LogP contribution in [0.25, 0.3) is 6.08 Å². The number of rotatable bonds is 3. The van der Waals surface area contributed by atoms with Crippen molar-refractivity contribution in [3.05, 3.63) is 62.6 Å². The van der Waals surface area contributed by atoms with E-state index in [2.05, 4.69) is 0 Å². The van der Waals surface area contributed by atoms with E-state index < -0.39 is 5.75 Å². The quantitative estimate of drug-likeness (QED) is 0.471. The largest absolute Gasteiger partial charge is 0.504 e. The van der Waals surface area contributed by atoms with Crippen LogP contribution in [-0.4, -0.2) is 16.0 Å². The fourth-order valence-corrected chi connectivity index (χ4v) is 2.14. The Balaban J connectivity index is 2.24. The van der Waals surface area contributed by atoms with Gasteiger partial charge in [0.25, 0.3) is 0 Å². The van der Waals surface area contributed by atoms with E-state index in [4.69, 9.17) is 34.8 Å². The van der Waals surface area contributed by atoms with Gasteiger partial charge in [0.2, 0.25) is 0 Å². The van der Waals surface area contributed by atoms with E-state index >= 15 is 0 Å².